The second-order valence-electron chi connectivity index (χ2n) is 5.40. The van der Waals surface area contributed by atoms with Gasteiger partial charge in [0.1, 0.15) is 11.6 Å². The molecule has 122 valence electrons. The molecule has 0 bridgehead atoms. The van der Waals surface area contributed by atoms with Gasteiger partial charge in [0.2, 0.25) is 0 Å². The highest BCUT2D eigenvalue weighted by Gasteiger charge is 2.16. The maximum atomic E-state index is 13.7. The first-order valence-corrected chi connectivity index (χ1v) is 7.81. The molecule has 0 saturated carbocycles. The lowest BCUT2D eigenvalue weighted by molar-refractivity contribution is 0.102. The Morgan fingerprint density at radius 3 is 2.57 bits per heavy atom. The van der Waals surface area contributed by atoms with Crippen molar-refractivity contribution in [1.29, 1.82) is 0 Å². The van der Waals surface area contributed by atoms with Crippen molar-refractivity contribution in [3.8, 4) is 5.75 Å². The fourth-order valence-electron chi connectivity index (χ4n) is 1.86. The zero-order valence-electron chi connectivity index (χ0n) is 12.7. The molecular weight excluding hydrogens is 340 g/mol. The van der Waals surface area contributed by atoms with Gasteiger partial charge in [-0.3, -0.25) is 4.79 Å². The van der Waals surface area contributed by atoms with Crippen LogP contribution in [0.5, 0.6) is 5.75 Å². The second-order valence-corrected chi connectivity index (χ2v) is 6.22. The fraction of sp³-hybridized carbons (Fsp3) is 0.235. The predicted octanol–water partition coefficient (Wildman–Crippen LogP) is 5.42. The molecule has 0 unspecified atom stereocenters. The molecule has 3 nitrogen and oxygen atoms in total. The third-order valence-corrected chi connectivity index (χ3v) is 3.56. The molecule has 0 radical (unpaired) electrons. The lowest BCUT2D eigenvalue weighted by atomic mass is 10.2. The molecule has 0 saturated heterocycles. The second kappa shape index (κ2) is 7.66. The lowest BCUT2D eigenvalue weighted by Gasteiger charge is -2.12. The molecule has 0 aliphatic heterocycles. The van der Waals surface area contributed by atoms with E-state index in [0.717, 1.165) is 0 Å². The van der Waals surface area contributed by atoms with E-state index in [0.29, 0.717) is 29.0 Å². The first-order valence-electron chi connectivity index (χ1n) is 7.06. The minimum Gasteiger partial charge on any atom is -0.492 e. The molecule has 0 aromatic heterocycles. The molecule has 0 spiro atoms. The van der Waals surface area contributed by atoms with Gasteiger partial charge in [-0.05, 0) is 36.2 Å². The summed E-state index contributed by atoms with van der Waals surface area (Å²) in [5.74, 6) is -0.422. The van der Waals surface area contributed by atoms with Crippen LogP contribution in [0.2, 0.25) is 10.0 Å². The Balaban J connectivity index is 2.14. The summed E-state index contributed by atoms with van der Waals surface area (Å²) < 4.78 is 19.3. The van der Waals surface area contributed by atoms with Gasteiger partial charge in [0.25, 0.3) is 5.91 Å². The first-order chi connectivity index (χ1) is 10.9. The number of nitrogens with one attached hydrogen (secondary N) is 1. The normalized spacial score (nSPS) is 10.7. The zero-order valence-corrected chi connectivity index (χ0v) is 14.2. The van der Waals surface area contributed by atoms with Gasteiger partial charge >= 0.3 is 0 Å². The smallest absolute Gasteiger partial charge is 0.260 e. The van der Waals surface area contributed by atoms with Gasteiger partial charge < -0.3 is 10.1 Å². The third-order valence-electron chi connectivity index (χ3n) is 2.95. The van der Waals surface area contributed by atoms with Crippen LogP contribution in [0.3, 0.4) is 0 Å². The number of ether oxygens (including phenoxy) is 1. The molecule has 6 heteroatoms. The number of rotatable bonds is 5. The van der Waals surface area contributed by atoms with Crippen molar-refractivity contribution in [2.75, 3.05) is 11.9 Å². The average Bonchev–Trinajstić information content (AvgIpc) is 2.46. The highest BCUT2D eigenvalue weighted by Crippen LogP contribution is 2.29. The number of anilines is 1. The van der Waals surface area contributed by atoms with E-state index >= 15 is 0 Å². The SMILES string of the molecule is CC(C)COc1ccc(NC(=O)c2c(F)cccc2Cl)cc1Cl. The van der Waals surface area contributed by atoms with Crippen molar-refractivity contribution < 1.29 is 13.9 Å². The van der Waals surface area contributed by atoms with E-state index in [2.05, 4.69) is 5.32 Å². The van der Waals surface area contributed by atoms with Gasteiger partial charge in [0, 0.05) is 5.69 Å². The Labute approximate surface area is 144 Å². The molecule has 0 aliphatic carbocycles. The van der Waals surface area contributed by atoms with Crippen LogP contribution in [0, 0.1) is 11.7 Å². The van der Waals surface area contributed by atoms with Crippen LogP contribution in [0.15, 0.2) is 36.4 Å². The summed E-state index contributed by atoms with van der Waals surface area (Å²) in [5.41, 5.74) is 0.224. The van der Waals surface area contributed by atoms with Crippen molar-refractivity contribution >= 4 is 34.8 Å². The average molecular weight is 356 g/mol. The van der Waals surface area contributed by atoms with Crippen LogP contribution in [0.25, 0.3) is 0 Å². The Morgan fingerprint density at radius 1 is 1.22 bits per heavy atom. The number of hydrogen-bond acceptors (Lipinski definition) is 2. The molecule has 2 aromatic carbocycles. The van der Waals surface area contributed by atoms with Gasteiger partial charge in [-0.2, -0.15) is 0 Å². The summed E-state index contributed by atoms with van der Waals surface area (Å²) in [5, 5.41) is 2.98. The predicted molar refractivity (Wildman–Crippen MR) is 91.1 cm³/mol. The van der Waals surface area contributed by atoms with E-state index in [-0.39, 0.29) is 10.6 Å². The minimum absolute atomic E-state index is 0.0467. The molecule has 1 N–H and O–H groups in total. The number of carbonyl (C=O) groups is 1. The van der Waals surface area contributed by atoms with Crippen LogP contribution >= 0.6 is 23.2 Å². The third kappa shape index (κ3) is 4.60. The summed E-state index contributed by atoms with van der Waals surface area (Å²) in [6.07, 6.45) is 0. The molecule has 23 heavy (non-hydrogen) atoms. The van der Waals surface area contributed by atoms with E-state index in [1.54, 1.807) is 18.2 Å². The van der Waals surface area contributed by atoms with Gasteiger partial charge in [-0.1, -0.05) is 43.1 Å². The van der Waals surface area contributed by atoms with Crippen molar-refractivity contribution in [3.63, 3.8) is 0 Å². The lowest BCUT2D eigenvalue weighted by Crippen LogP contribution is -2.14. The minimum atomic E-state index is -0.682. The summed E-state index contributed by atoms with van der Waals surface area (Å²) in [6, 6.07) is 8.90. The van der Waals surface area contributed by atoms with Crippen molar-refractivity contribution in [3.05, 3.63) is 57.8 Å². The molecular formula is C17H16Cl2FNO2. The maximum absolute atomic E-state index is 13.7. The summed E-state index contributed by atoms with van der Waals surface area (Å²) >= 11 is 12.0. The van der Waals surface area contributed by atoms with Gasteiger partial charge in [-0.25, -0.2) is 4.39 Å². The molecule has 0 atom stereocenters. The monoisotopic (exact) mass is 355 g/mol. The zero-order chi connectivity index (χ0) is 17.0. The standard InChI is InChI=1S/C17H16Cl2FNO2/c1-10(2)9-23-15-7-6-11(8-13(15)19)21-17(22)16-12(18)4-3-5-14(16)20/h3-8,10H,9H2,1-2H3,(H,21,22). The Kier molecular flexibility index (Phi) is 5.85. The molecule has 2 rings (SSSR count). The largest absolute Gasteiger partial charge is 0.492 e. The number of halogens is 3. The quantitative estimate of drug-likeness (QED) is 0.777. The van der Waals surface area contributed by atoms with E-state index in [1.165, 1.54) is 18.2 Å². The fourth-order valence-corrected chi connectivity index (χ4v) is 2.34. The van der Waals surface area contributed by atoms with Crippen LogP contribution in [-0.4, -0.2) is 12.5 Å². The van der Waals surface area contributed by atoms with E-state index in [1.807, 2.05) is 13.8 Å². The Morgan fingerprint density at radius 2 is 1.96 bits per heavy atom. The van der Waals surface area contributed by atoms with Gasteiger partial charge in [-0.15, -0.1) is 0 Å². The number of hydrogen-bond donors (Lipinski definition) is 1. The maximum Gasteiger partial charge on any atom is 0.260 e. The number of amides is 1. The first kappa shape index (κ1) is 17.6. The molecule has 1 amide bonds. The van der Waals surface area contributed by atoms with Crippen molar-refractivity contribution in [2.24, 2.45) is 5.92 Å². The number of carbonyl (C=O) groups excluding carboxylic acids is 1. The van der Waals surface area contributed by atoms with Crippen molar-refractivity contribution in [2.45, 2.75) is 13.8 Å². The molecule has 0 aliphatic rings. The van der Waals surface area contributed by atoms with E-state index < -0.39 is 11.7 Å². The summed E-state index contributed by atoms with van der Waals surface area (Å²) in [4.78, 5) is 12.2. The molecule has 0 fully saturated rings. The van der Waals surface area contributed by atoms with Gasteiger partial charge in [0.05, 0.1) is 22.2 Å². The summed E-state index contributed by atoms with van der Waals surface area (Å²) in [6.45, 7) is 4.59. The van der Waals surface area contributed by atoms with Crippen molar-refractivity contribution in [1.82, 2.24) is 0 Å². The van der Waals surface area contributed by atoms with Crippen LogP contribution in [-0.2, 0) is 0 Å². The Hall–Kier alpha value is -1.78. The molecule has 2 aromatic rings. The topological polar surface area (TPSA) is 38.3 Å². The van der Waals surface area contributed by atoms with Crippen LogP contribution < -0.4 is 10.1 Å². The molecule has 0 heterocycles. The van der Waals surface area contributed by atoms with Crippen LogP contribution in [0.1, 0.15) is 24.2 Å². The highest BCUT2D eigenvalue weighted by atomic mass is 35.5. The summed E-state index contributed by atoms with van der Waals surface area (Å²) in [7, 11) is 0. The number of benzene rings is 2. The van der Waals surface area contributed by atoms with Gasteiger partial charge in [0.15, 0.2) is 0 Å². The Bertz CT molecular complexity index is 699. The van der Waals surface area contributed by atoms with Crippen LogP contribution in [0.4, 0.5) is 10.1 Å². The van der Waals surface area contributed by atoms with E-state index in [4.69, 9.17) is 27.9 Å². The highest BCUT2D eigenvalue weighted by molar-refractivity contribution is 6.34. The van der Waals surface area contributed by atoms with E-state index in [9.17, 15) is 9.18 Å².